The standard InChI is InChI=1S/C16H15BrN6O2S/c1-10-6-12-14(19-9-20-16(12)26-10)21-2-4-22(5-3-21)15-13(17)7-11(8-18-15)23(24)25/h6-9H,2-5H2,1H3. The van der Waals surface area contributed by atoms with E-state index in [1.54, 1.807) is 17.7 Å². The van der Waals surface area contributed by atoms with Crippen LogP contribution in [0.25, 0.3) is 10.2 Å². The predicted octanol–water partition coefficient (Wildman–Crippen LogP) is 3.39. The van der Waals surface area contributed by atoms with Crippen LogP contribution < -0.4 is 9.80 Å². The summed E-state index contributed by atoms with van der Waals surface area (Å²) in [5.41, 5.74) is -0.0181. The molecule has 10 heteroatoms. The van der Waals surface area contributed by atoms with Crippen LogP contribution in [0.15, 0.2) is 29.1 Å². The van der Waals surface area contributed by atoms with Crippen LogP contribution in [-0.2, 0) is 0 Å². The molecule has 0 atom stereocenters. The monoisotopic (exact) mass is 434 g/mol. The van der Waals surface area contributed by atoms with Crippen molar-refractivity contribution in [3.8, 4) is 0 Å². The molecule has 0 bridgehead atoms. The van der Waals surface area contributed by atoms with Gasteiger partial charge in [-0.3, -0.25) is 10.1 Å². The van der Waals surface area contributed by atoms with E-state index >= 15 is 0 Å². The molecule has 0 radical (unpaired) electrons. The molecular weight excluding hydrogens is 420 g/mol. The molecule has 134 valence electrons. The van der Waals surface area contributed by atoms with Crippen molar-refractivity contribution >= 4 is 54.8 Å². The van der Waals surface area contributed by atoms with Crippen LogP contribution in [-0.4, -0.2) is 46.1 Å². The molecule has 1 aliphatic heterocycles. The maximum absolute atomic E-state index is 10.9. The van der Waals surface area contributed by atoms with Gasteiger partial charge in [-0.15, -0.1) is 11.3 Å². The summed E-state index contributed by atoms with van der Waals surface area (Å²) in [5.74, 6) is 1.70. The lowest BCUT2D eigenvalue weighted by atomic mass is 10.2. The molecule has 0 N–H and O–H groups in total. The zero-order valence-electron chi connectivity index (χ0n) is 13.9. The van der Waals surface area contributed by atoms with Gasteiger partial charge in [0.2, 0.25) is 0 Å². The van der Waals surface area contributed by atoms with Gasteiger partial charge in [-0.25, -0.2) is 15.0 Å². The smallest absolute Gasteiger partial charge is 0.288 e. The van der Waals surface area contributed by atoms with E-state index in [4.69, 9.17) is 0 Å². The van der Waals surface area contributed by atoms with Crippen LogP contribution in [0.5, 0.6) is 0 Å². The number of aromatic nitrogens is 3. The van der Waals surface area contributed by atoms with Crippen molar-refractivity contribution in [1.29, 1.82) is 0 Å². The second-order valence-corrected chi connectivity index (χ2v) is 8.09. The maximum atomic E-state index is 10.9. The molecular formula is C16H15BrN6O2S. The third-order valence-electron chi connectivity index (χ3n) is 4.33. The molecule has 0 spiro atoms. The number of thiophene rings is 1. The van der Waals surface area contributed by atoms with Gasteiger partial charge in [-0.1, -0.05) is 0 Å². The first-order chi connectivity index (χ1) is 12.5. The summed E-state index contributed by atoms with van der Waals surface area (Å²) in [6.07, 6.45) is 2.92. The lowest BCUT2D eigenvalue weighted by Gasteiger charge is -2.36. The van der Waals surface area contributed by atoms with Crippen LogP contribution >= 0.6 is 27.3 Å². The van der Waals surface area contributed by atoms with E-state index in [0.717, 1.165) is 48.0 Å². The Morgan fingerprint density at radius 1 is 1.12 bits per heavy atom. The first-order valence-corrected chi connectivity index (χ1v) is 9.65. The van der Waals surface area contributed by atoms with Crippen molar-refractivity contribution in [2.24, 2.45) is 0 Å². The highest BCUT2D eigenvalue weighted by molar-refractivity contribution is 9.10. The topological polar surface area (TPSA) is 88.3 Å². The Labute approximate surface area is 161 Å². The van der Waals surface area contributed by atoms with Crippen LogP contribution in [0.4, 0.5) is 17.3 Å². The van der Waals surface area contributed by atoms with E-state index in [0.29, 0.717) is 4.47 Å². The van der Waals surface area contributed by atoms with Crippen molar-refractivity contribution in [2.75, 3.05) is 36.0 Å². The summed E-state index contributed by atoms with van der Waals surface area (Å²) >= 11 is 5.08. The molecule has 0 aromatic carbocycles. The zero-order chi connectivity index (χ0) is 18.3. The number of nitro groups is 1. The summed E-state index contributed by atoms with van der Waals surface area (Å²) in [5, 5.41) is 12.0. The van der Waals surface area contributed by atoms with E-state index in [1.807, 2.05) is 0 Å². The van der Waals surface area contributed by atoms with E-state index in [9.17, 15) is 10.1 Å². The molecule has 1 aliphatic rings. The van der Waals surface area contributed by atoms with Crippen molar-refractivity contribution in [3.05, 3.63) is 44.1 Å². The van der Waals surface area contributed by atoms with Crippen molar-refractivity contribution < 1.29 is 4.92 Å². The van der Waals surface area contributed by atoms with Crippen LogP contribution in [0.3, 0.4) is 0 Å². The summed E-state index contributed by atoms with van der Waals surface area (Å²) < 4.78 is 0.637. The Balaban J connectivity index is 1.53. The molecule has 0 saturated carbocycles. The van der Waals surface area contributed by atoms with E-state index in [-0.39, 0.29) is 5.69 Å². The number of hydrogen-bond acceptors (Lipinski definition) is 8. The Morgan fingerprint density at radius 3 is 2.46 bits per heavy atom. The summed E-state index contributed by atoms with van der Waals surface area (Å²) in [6.45, 7) is 5.19. The van der Waals surface area contributed by atoms with E-state index in [1.165, 1.54) is 17.1 Å². The second-order valence-electron chi connectivity index (χ2n) is 6.00. The van der Waals surface area contributed by atoms with Crippen LogP contribution in [0, 0.1) is 17.0 Å². The van der Waals surface area contributed by atoms with Gasteiger partial charge in [-0.2, -0.15) is 0 Å². The molecule has 1 saturated heterocycles. The molecule has 0 aliphatic carbocycles. The fourth-order valence-corrected chi connectivity index (χ4v) is 4.53. The number of halogens is 1. The maximum Gasteiger partial charge on any atom is 0.288 e. The molecule has 8 nitrogen and oxygen atoms in total. The molecule has 0 amide bonds. The minimum absolute atomic E-state index is 0.0181. The number of pyridine rings is 1. The summed E-state index contributed by atoms with van der Waals surface area (Å²) in [4.78, 5) is 30.1. The molecule has 3 aromatic heterocycles. The second kappa shape index (κ2) is 6.76. The lowest BCUT2D eigenvalue weighted by Crippen LogP contribution is -2.47. The first kappa shape index (κ1) is 17.1. The summed E-state index contributed by atoms with van der Waals surface area (Å²) in [6, 6.07) is 3.63. The van der Waals surface area contributed by atoms with Gasteiger partial charge in [0.15, 0.2) is 0 Å². The quantitative estimate of drug-likeness (QED) is 0.460. The Bertz CT molecular complexity index is 986. The van der Waals surface area contributed by atoms with E-state index in [2.05, 4.69) is 53.7 Å². The molecule has 26 heavy (non-hydrogen) atoms. The SMILES string of the molecule is Cc1cc2c(N3CCN(c4ncc([N+](=O)[O-])cc4Br)CC3)ncnc2s1. The number of fused-ring (bicyclic) bond motifs is 1. The highest BCUT2D eigenvalue weighted by Gasteiger charge is 2.23. The third-order valence-corrected chi connectivity index (χ3v) is 5.87. The Kier molecular flexibility index (Phi) is 4.45. The molecule has 4 rings (SSSR count). The third kappa shape index (κ3) is 3.10. The number of aryl methyl sites for hydroxylation is 1. The highest BCUT2D eigenvalue weighted by atomic mass is 79.9. The minimum atomic E-state index is -0.442. The highest BCUT2D eigenvalue weighted by Crippen LogP contribution is 2.32. The Hall–Kier alpha value is -2.33. The molecule has 3 aromatic rings. The van der Waals surface area contributed by atoms with Gasteiger partial charge in [0, 0.05) is 37.1 Å². The van der Waals surface area contributed by atoms with Crippen LogP contribution in [0.2, 0.25) is 0 Å². The molecule has 4 heterocycles. The largest absolute Gasteiger partial charge is 0.352 e. The van der Waals surface area contributed by atoms with Gasteiger partial charge < -0.3 is 9.80 Å². The average Bonchev–Trinajstić information content (AvgIpc) is 3.02. The van der Waals surface area contributed by atoms with Gasteiger partial charge in [0.1, 0.15) is 29.0 Å². The summed E-state index contributed by atoms with van der Waals surface area (Å²) in [7, 11) is 0. The normalized spacial score (nSPS) is 14.8. The van der Waals surface area contributed by atoms with Gasteiger partial charge >= 0.3 is 0 Å². The van der Waals surface area contributed by atoms with Gasteiger partial charge in [0.05, 0.1) is 14.8 Å². The fourth-order valence-electron chi connectivity index (χ4n) is 3.10. The van der Waals surface area contributed by atoms with Crippen molar-refractivity contribution in [3.63, 3.8) is 0 Å². The molecule has 1 fully saturated rings. The number of hydrogen-bond donors (Lipinski definition) is 0. The van der Waals surface area contributed by atoms with Crippen molar-refractivity contribution in [1.82, 2.24) is 15.0 Å². The minimum Gasteiger partial charge on any atom is -0.352 e. The molecule has 0 unspecified atom stereocenters. The van der Waals surface area contributed by atoms with Crippen LogP contribution in [0.1, 0.15) is 4.88 Å². The predicted molar refractivity (Wildman–Crippen MR) is 105 cm³/mol. The van der Waals surface area contributed by atoms with Gasteiger partial charge in [-0.05, 0) is 28.9 Å². The Morgan fingerprint density at radius 2 is 1.81 bits per heavy atom. The van der Waals surface area contributed by atoms with E-state index < -0.39 is 4.92 Å². The fraction of sp³-hybridized carbons (Fsp3) is 0.312. The zero-order valence-corrected chi connectivity index (χ0v) is 16.3. The number of nitrogens with zero attached hydrogens (tertiary/aromatic N) is 6. The first-order valence-electron chi connectivity index (χ1n) is 8.04. The number of anilines is 2. The van der Waals surface area contributed by atoms with Crippen molar-refractivity contribution in [2.45, 2.75) is 6.92 Å². The lowest BCUT2D eigenvalue weighted by molar-refractivity contribution is -0.385. The number of rotatable bonds is 3. The van der Waals surface area contributed by atoms with Gasteiger partial charge in [0.25, 0.3) is 5.69 Å². The number of piperazine rings is 1. The average molecular weight is 435 g/mol.